The monoisotopic (exact) mass is 443 g/mol. The van der Waals surface area contributed by atoms with Crippen molar-refractivity contribution in [3.05, 3.63) is 58.1 Å². The molecule has 2 aromatic rings. The lowest BCUT2D eigenvalue weighted by molar-refractivity contribution is -0.125. The lowest BCUT2D eigenvalue weighted by Gasteiger charge is -2.29. The summed E-state index contributed by atoms with van der Waals surface area (Å²) >= 11 is 12.0. The van der Waals surface area contributed by atoms with E-state index in [4.69, 9.17) is 27.9 Å². The van der Waals surface area contributed by atoms with E-state index in [1.807, 2.05) is 13.8 Å². The maximum absolute atomic E-state index is 12.6. The van der Waals surface area contributed by atoms with Gasteiger partial charge in [-0.1, -0.05) is 36.2 Å². The van der Waals surface area contributed by atoms with Gasteiger partial charge in [-0.25, -0.2) is 8.42 Å². The topological polar surface area (TPSA) is 72.5 Å². The summed E-state index contributed by atoms with van der Waals surface area (Å²) in [6.07, 6.45) is 0. The van der Waals surface area contributed by atoms with Gasteiger partial charge in [-0.3, -0.25) is 4.79 Å². The van der Waals surface area contributed by atoms with Crippen molar-refractivity contribution in [3.63, 3.8) is 0 Å². The van der Waals surface area contributed by atoms with E-state index in [2.05, 4.69) is 5.32 Å². The summed E-state index contributed by atoms with van der Waals surface area (Å²) in [5.41, 5.74) is 0.0177. The zero-order valence-corrected chi connectivity index (χ0v) is 18.5. The van der Waals surface area contributed by atoms with Gasteiger partial charge in [-0.2, -0.15) is 0 Å². The Balaban J connectivity index is 2.11. The molecule has 28 heavy (non-hydrogen) atoms. The number of methoxy groups -OCH3 is 1. The van der Waals surface area contributed by atoms with Crippen molar-refractivity contribution in [3.8, 4) is 5.75 Å². The zero-order chi connectivity index (χ0) is 21.1. The molecule has 0 aliphatic carbocycles. The predicted octanol–water partition coefficient (Wildman–Crippen LogP) is 4.46. The minimum Gasteiger partial charge on any atom is -0.497 e. The van der Waals surface area contributed by atoms with Crippen LogP contribution in [0.3, 0.4) is 0 Å². The number of benzene rings is 2. The number of sulfone groups is 1. The van der Waals surface area contributed by atoms with E-state index in [-0.39, 0.29) is 16.6 Å². The minimum atomic E-state index is -3.62. The van der Waals surface area contributed by atoms with Crippen LogP contribution >= 0.6 is 23.2 Å². The van der Waals surface area contributed by atoms with E-state index < -0.39 is 21.3 Å². The molecule has 0 aromatic heterocycles. The van der Waals surface area contributed by atoms with Gasteiger partial charge in [0.1, 0.15) is 5.75 Å². The van der Waals surface area contributed by atoms with Crippen molar-refractivity contribution in [1.29, 1.82) is 0 Å². The number of carbonyl (C=O) groups excluding carboxylic acids is 1. The maximum atomic E-state index is 12.6. The SMILES string of the molecule is COc1ccc(S(=O)(=O)CC(C)C(=O)NC(C)(C)c2ccc(Cl)c(Cl)c2)cc1. The maximum Gasteiger partial charge on any atom is 0.224 e. The van der Waals surface area contributed by atoms with Crippen molar-refractivity contribution in [2.75, 3.05) is 12.9 Å². The largest absolute Gasteiger partial charge is 0.497 e. The summed E-state index contributed by atoms with van der Waals surface area (Å²) in [5.74, 6) is -0.849. The molecule has 0 radical (unpaired) electrons. The Morgan fingerprint density at radius 3 is 2.25 bits per heavy atom. The molecule has 5 nitrogen and oxygen atoms in total. The second-order valence-electron chi connectivity index (χ2n) is 7.10. The number of ether oxygens (including phenoxy) is 1. The third kappa shape index (κ3) is 5.40. The molecule has 0 saturated carbocycles. The van der Waals surface area contributed by atoms with Crippen LogP contribution in [0.1, 0.15) is 26.3 Å². The Morgan fingerprint density at radius 1 is 1.11 bits per heavy atom. The molecule has 0 heterocycles. The highest BCUT2D eigenvalue weighted by Gasteiger charge is 2.29. The van der Waals surface area contributed by atoms with Crippen LogP contribution in [0.15, 0.2) is 47.4 Å². The number of halogens is 2. The standard InChI is InChI=1S/C20H23Cl2NO4S/c1-13(12-28(25,26)16-8-6-15(27-4)7-9-16)19(24)23-20(2,3)14-5-10-17(21)18(22)11-14/h5-11,13H,12H2,1-4H3,(H,23,24). The minimum absolute atomic E-state index is 0.150. The summed E-state index contributed by atoms with van der Waals surface area (Å²) < 4.78 is 30.3. The average Bonchev–Trinajstić information content (AvgIpc) is 2.63. The molecular weight excluding hydrogens is 421 g/mol. The quantitative estimate of drug-likeness (QED) is 0.685. The molecule has 0 bridgehead atoms. The fourth-order valence-electron chi connectivity index (χ4n) is 2.67. The smallest absolute Gasteiger partial charge is 0.224 e. The molecule has 1 amide bonds. The number of nitrogens with one attached hydrogen (secondary N) is 1. The molecule has 152 valence electrons. The molecule has 0 aliphatic rings. The van der Waals surface area contributed by atoms with E-state index >= 15 is 0 Å². The van der Waals surface area contributed by atoms with Gasteiger partial charge in [0.15, 0.2) is 9.84 Å². The summed E-state index contributed by atoms with van der Waals surface area (Å²) in [6.45, 7) is 5.21. The van der Waals surface area contributed by atoms with Crippen molar-refractivity contribution in [1.82, 2.24) is 5.32 Å². The molecule has 8 heteroatoms. The molecule has 0 saturated heterocycles. The molecule has 0 spiro atoms. The highest BCUT2D eigenvalue weighted by Crippen LogP contribution is 2.29. The normalized spacial score (nSPS) is 13.1. The van der Waals surface area contributed by atoms with Crippen LogP contribution in [0.25, 0.3) is 0 Å². The number of carbonyl (C=O) groups is 1. The van der Waals surface area contributed by atoms with E-state index in [0.717, 1.165) is 5.56 Å². The number of hydrogen-bond donors (Lipinski definition) is 1. The molecule has 1 atom stereocenters. The second kappa shape index (κ2) is 8.72. The van der Waals surface area contributed by atoms with Crippen LogP contribution in [0.2, 0.25) is 10.0 Å². The fraction of sp³-hybridized carbons (Fsp3) is 0.350. The summed E-state index contributed by atoms with van der Waals surface area (Å²) in [5, 5.41) is 3.69. The predicted molar refractivity (Wildman–Crippen MR) is 112 cm³/mol. The van der Waals surface area contributed by atoms with Gasteiger partial charge in [0, 0.05) is 5.92 Å². The van der Waals surface area contributed by atoms with Crippen molar-refractivity contribution >= 4 is 38.9 Å². The highest BCUT2D eigenvalue weighted by atomic mass is 35.5. The average molecular weight is 444 g/mol. The first-order valence-electron chi connectivity index (χ1n) is 8.60. The van der Waals surface area contributed by atoms with Crippen LogP contribution in [0.4, 0.5) is 0 Å². The first-order chi connectivity index (χ1) is 13.0. The third-order valence-electron chi connectivity index (χ3n) is 4.41. The lowest BCUT2D eigenvalue weighted by Crippen LogP contribution is -2.44. The van der Waals surface area contributed by atoms with Gasteiger partial charge >= 0.3 is 0 Å². The molecule has 0 fully saturated rings. The van der Waals surface area contributed by atoms with Gasteiger partial charge in [-0.15, -0.1) is 0 Å². The molecule has 1 N–H and O–H groups in total. The van der Waals surface area contributed by atoms with Gasteiger partial charge in [0.25, 0.3) is 0 Å². The lowest BCUT2D eigenvalue weighted by atomic mass is 9.93. The Labute approximate surface area is 175 Å². The number of amides is 1. The van der Waals surface area contributed by atoms with Crippen LogP contribution in [0, 0.1) is 5.92 Å². The van der Waals surface area contributed by atoms with Crippen LogP contribution in [-0.2, 0) is 20.2 Å². The Morgan fingerprint density at radius 2 is 1.71 bits per heavy atom. The van der Waals surface area contributed by atoms with Crippen molar-refractivity contribution in [2.24, 2.45) is 5.92 Å². The molecule has 2 aromatic carbocycles. The van der Waals surface area contributed by atoms with Crippen molar-refractivity contribution < 1.29 is 17.9 Å². The van der Waals surface area contributed by atoms with Gasteiger partial charge in [0.2, 0.25) is 5.91 Å². The Bertz CT molecular complexity index is 957. The van der Waals surface area contributed by atoms with Crippen LogP contribution in [0.5, 0.6) is 5.75 Å². The van der Waals surface area contributed by atoms with E-state index in [0.29, 0.717) is 15.8 Å². The first kappa shape index (κ1) is 22.5. The molecule has 1 unspecified atom stereocenters. The van der Waals surface area contributed by atoms with Crippen molar-refractivity contribution in [2.45, 2.75) is 31.2 Å². The third-order valence-corrected chi connectivity index (χ3v) is 7.08. The molecule has 0 aliphatic heterocycles. The first-order valence-corrected chi connectivity index (χ1v) is 11.0. The molecule has 2 rings (SSSR count). The van der Waals surface area contributed by atoms with E-state index in [1.54, 1.807) is 37.3 Å². The summed E-state index contributed by atoms with van der Waals surface area (Å²) in [6, 6.07) is 11.2. The fourth-order valence-corrected chi connectivity index (χ4v) is 4.52. The summed E-state index contributed by atoms with van der Waals surface area (Å²) in [7, 11) is -2.11. The van der Waals surface area contributed by atoms with Gasteiger partial charge in [-0.05, 0) is 55.8 Å². The summed E-state index contributed by atoms with van der Waals surface area (Å²) in [4.78, 5) is 12.8. The van der Waals surface area contributed by atoms with Gasteiger partial charge in [0.05, 0.1) is 33.3 Å². The highest BCUT2D eigenvalue weighted by molar-refractivity contribution is 7.91. The molecular formula is C20H23Cl2NO4S. The Kier molecular flexibility index (Phi) is 7.02. The van der Waals surface area contributed by atoms with Crippen LogP contribution in [-0.4, -0.2) is 27.2 Å². The van der Waals surface area contributed by atoms with Gasteiger partial charge < -0.3 is 10.1 Å². The second-order valence-corrected chi connectivity index (χ2v) is 9.95. The number of hydrogen-bond acceptors (Lipinski definition) is 4. The number of rotatable bonds is 7. The Hall–Kier alpha value is -1.76. The van der Waals surface area contributed by atoms with E-state index in [1.165, 1.54) is 19.2 Å². The van der Waals surface area contributed by atoms with E-state index in [9.17, 15) is 13.2 Å². The zero-order valence-electron chi connectivity index (χ0n) is 16.1. The van der Waals surface area contributed by atoms with Crippen LogP contribution < -0.4 is 10.1 Å².